The third-order valence-corrected chi connectivity index (χ3v) is 4.03. The molecule has 1 saturated carbocycles. The molecule has 1 fully saturated rings. The van der Waals surface area contributed by atoms with Crippen LogP contribution in [0.2, 0.25) is 0 Å². The van der Waals surface area contributed by atoms with Gasteiger partial charge in [-0.05, 0) is 43.7 Å². The number of hydrogen-bond donors (Lipinski definition) is 1. The molecule has 0 heterocycles. The molecular weight excluding hydrogens is 198 g/mol. The first-order valence-electron chi connectivity index (χ1n) is 6.99. The predicted molar refractivity (Wildman–Crippen MR) is 69.6 cm³/mol. The van der Waals surface area contributed by atoms with Crippen LogP contribution >= 0.6 is 0 Å². The average Bonchev–Trinajstić information content (AvgIpc) is 2.51. The van der Waals surface area contributed by atoms with Crippen molar-refractivity contribution in [1.82, 2.24) is 5.32 Å². The molecule has 0 aromatic rings. The van der Waals surface area contributed by atoms with E-state index in [1.54, 1.807) is 0 Å². The van der Waals surface area contributed by atoms with Gasteiger partial charge < -0.3 is 10.1 Å². The number of methoxy groups -OCH3 is 1. The molecule has 2 heteroatoms. The summed E-state index contributed by atoms with van der Waals surface area (Å²) in [6.45, 7) is 7.78. The van der Waals surface area contributed by atoms with Gasteiger partial charge in [0, 0.05) is 13.7 Å². The highest BCUT2D eigenvalue weighted by atomic mass is 16.5. The van der Waals surface area contributed by atoms with E-state index in [0.29, 0.717) is 5.92 Å². The Morgan fingerprint density at radius 2 is 2.00 bits per heavy atom. The standard InChI is InChI=1S/C14H29NO/c1-4-15-10-13-8-6-5-7-9-14(13)12(2)11-16-3/h12-15H,4-11H2,1-3H3. The van der Waals surface area contributed by atoms with Gasteiger partial charge in [-0.2, -0.15) is 0 Å². The first kappa shape index (κ1) is 14.0. The zero-order valence-electron chi connectivity index (χ0n) is 11.3. The van der Waals surface area contributed by atoms with E-state index in [1.807, 2.05) is 7.11 Å². The van der Waals surface area contributed by atoms with Crippen LogP contribution in [0.25, 0.3) is 0 Å². The van der Waals surface area contributed by atoms with Crippen LogP contribution in [0.1, 0.15) is 46.0 Å². The lowest BCUT2D eigenvalue weighted by Gasteiger charge is -2.30. The van der Waals surface area contributed by atoms with Crippen molar-refractivity contribution in [3.8, 4) is 0 Å². The van der Waals surface area contributed by atoms with E-state index >= 15 is 0 Å². The fourth-order valence-corrected chi connectivity index (χ4v) is 3.13. The lowest BCUT2D eigenvalue weighted by molar-refractivity contribution is 0.101. The second-order valence-electron chi connectivity index (χ2n) is 5.30. The fourth-order valence-electron chi connectivity index (χ4n) is 3.13. The lowest BCUT2D eigenvalue weighted by atomic mass is 9.79. The fraction of sp³-hybridized carbons (Fsp3) is 1.00. The molecule has 1 N–H and O–H groups in total. The van der Waals surface area contributed by atoms with E-state index in [4.69, 9.17) is 4.74 Å². The Morgan fingerprint density at radius 3 is 2.69 bits per heavy atom. The summed E-state index contributed by atoms with van der Waals surface area (Å²) in [4.78, 5) is 0. The molecule has 0 spiro atoms. The van der Waals surface area contributed by atoms with Crippen molar-refractivity contribution in [2.24, 2.45) is 17.8 Å². The molecule has 0 aliphatic heterocycles. The number of ether oxygens (including phenoxy) is 1. The van der Waals surface area contributed by atoms with Crippen molar-refractivity contribution < 1.29 is 4.74 Å². The first-order chi connectivity index (χ1) is 7.79. The summed E-state index contributed by atoms with van der Waals surface area (Å²) < 4.78 is 5.33. The van der Waals surface area contributed by atoms with Crippen LogP contribution in [-0.2, 0) is 4.74 Å². The molecule has 0 radical (unpaired) electrons. The molecule has 1 aliphatic rings. The van der Waals surface area contributed by atoms with Gasteiger partial charge >= 0.3 is 0 Å². The molecule has 0 aromatic carbocycles. The zero-order valence-corrected chi connectivity index (χ0v) is 11.3. The van der Waals surface area contributed by atoms with Crippen molar-refractivity contribution in [3.63, 3.8) is 0 Å². The van der Waals surface area contributed by atoms with Crippen LogP contribution in [0.3, 0.4) is 0 Å². The molecule has 1 rings (SSSR count). The van der Waals surface area contributed by atoms with Gasteiger partial charge in [0.2, 0.25) is 0 Å². The highest BCUT2D eigenvalue weighted by molar-refractivity contribution is 4.79. The molecule has 0 aromatic heterocycles. The van der Waals surface area contributed by atoms with Gasteiger partial charge in [-0.3, -0.25) is 0 Å². The van der Waals surface area contributed by atoms with Gasteiger partial charge in [0.05, 0.1) is 0 Å². The summed E-state index contributed by atoms with van der Waals surface area (Å²) in [6.07, 6.45) is 7.08. The van der Waals surface area contributed by atoms with Crippen molar-refractivity contribution in [2.45, 2.75) is 46.0 Å². The molecule has 16 heavy (non-hydrogen) atoms. The highest BCUT2D eigenvalue weighted by Gasteiger charge is 2.27. The van der Waals surface area contributed by atoms with Gasteiger partial charge in [-0.1, -0.05) is 33.1 Å². The number of nitrogens with one attached hydrogen (secondary N) is 1. The topological polar surface area (TPSA) is 21.3 Å². The third kappa shape index (κ3) is 4.42. The summed E-state index contributed by atoms with van der Waals surface area (Å²) in [5.74, 6) is 2.45. The Kier molecular flexibility index (Phi) is 7.06. The number of rotatable bonds is 6. The van der Waals surface area contributed by atoms with Crippen LogP contribution in [0.4, 0.5) is 0 Å². The SMILES string of the molecule is CCNCC1CCCCCC1C(C)COC. The molecule has 96 valence electrons. The van der Waals surface area contributed by atoms with E-state index in [9.17, 15) is 0 Å². The molecule has 0 bridgehead atoms. The van der Waals surface area contributed by atoms with Crippen molar-refractivity contribution in [1.29, 1.82) is 0 Å². The molecule has 0 amide bonds. The molecule has 3 atom stereocenters. The van der Waals surface area contributed by atoms with Gasteiger partial charge in [-0.15, -0.1) is 0 Å². The normalized spacial score (nSPS) is 28.7. The van der Waals surface area contributed by atoms with Crippen molar-refractivity contribution >= 4 is 0 Å². The maximum atomic E-state index is 5.33. The summed E-state index contributed by atoms with van der Waals surface area (Å²) in [5.41, 5.74) is 0. The maximum Gasteiger partial charge on any atom is 0.0490 e. The minimum absolute atomic E-state index is 0.715. The Morgan fingerprint density at radius 1 is 1.25 bits per heavy atom. The van der Waals surface area contributed by atoms with Crippen LogP contribution < -0.4 is 5.32 Å². The van der Waals surface area contributed by atoms with Gasteiger partial charge in [0.25, 0.3) is 0 Å². The predicted octanol–water partition coefficient (Wildman–Crippen LogP) is 3.07. The van der Waals surface area contributed by atoms with Crippen LogP contribution in [0, 0.1) is 17.8 Å². The third-order valence-electron chi connectivity index (χ3n) is 4.03. The van der Waals surface area contributed by atoms with E-state index in [-0.39, 0.29) is 0 Å². The lowest BCUT2D eigenvalue weighted by Crippen LogP contribution is -2.32. The second-order valence-corrected chi connectivity index (χ2v) is 5.30. The highest BCUT2D eigenvalue weighted by Crippen LogP contribution is 2.33. The van der Waals surface area contributed by atoms with Crippen molar-refractivity contribution in [2.75, 3.05) is 26.8 Å². The maximum absolute atomic E-state index is 5.33. The summed E-state index contributed by atoms with van der Waals surface area (Å²) >= 11 is 0. The Balaban J connectivity index is 2.50. The smallest absolute Gasteiger partial charge is 0.0490 e. The molecule has 1 aliphatic carbocycles. The zero-order chi connectivity index (χ0) is 11.8. The second kappa shape index (κ2) is 8.08. The van der Waals surface area contributed by atoms with Crippen LogP contribution in [0.5, 0.6) is 0 Å². The Bertz CT molecular complexity index is 172. The monoisotopic (exact) mass is 227 g/mol. The van der Waals surface area contributed by atoms with E-state index in [1.165, 1.54) is 38.6 Å². The summed E-state index contributed by atoms with van der Waals surface area (Å²) in [6, 6.07) is 0. The molecule has 3 unspecified atom stereocenters. The Hall–Kier alpha value is -0.0800. The van der Waals surface area contributed by atoms with Crippen molar-refractivity contribution in [3.05, 3.63) is 0 Å². The van der Waals surface area contributed by atoms with Gasteiger partial charge in [0.15, 0.2) is 0 Å². The Labute approximate surface area is 101 Å². The quantitative estimate of drug-likeness (QED) is 0.704. The van der Waals surface area contributed by atoms with E-state index < -0.39 is 0 Å². The summed E-state index contributed by atoms with van der Waals surface area (Å²) in [7, 11) is 1.83. The first-order valence-corrected chi connectivity index (χ1v) is 6.99. The van der Waals surface area contributed by atoms with Gasteiger partial charge in [0.1, 0.15) is 0 Å². The van der Waals surface area contributed by atoms with E-state index in [0.717, 1.165) is 25.0 Å². The van der Waals surface area contributed by atoms with Crippen LogP contribution in [-0.4, -0.2) is 26.8 Å². The minimum Gasteiger partial charge on any atom is -0.384 e. The molecular formula is C14H29NO. The average molecular weight is 227 g/mol. The molecule has 0 saturated heterocycles. The molecule has 2 nitrogen and oxygen atoms in total. The van der Waals surface area contributed by atoms with E-state index in [2.05, 4.69) is 19.2 Å². The minimum atomic E-state index is 0.715. The summed E-state index contributed by atoms with van der Waals surface area (Å²) in [5, 5.41) is 3.53. The number of hydrogen-bond acceptors (Lipinski definition) is 2. The van der Waals surface area contributed by atoms with Gasteiger partial charge in [-0.25, -0.2) is 0 Å². The largest absolute Gasteiger partial charge is 0.384 e. The van der Waals surface area contributed by atoms with Crippen LogP contribution in [0.15, 0.2) is 0 Å².